The molecule has 0 fully saturated rings. The van der Waals surface area contributed by atoms with Gasteiger partial charge in [-0.25, -0.2) is 0 Å². The van der Waals surface area contributed by atoms with Crippen LogP contribution in [0.15, 0.2) is 39.9 Å². The first-order valence-electron chi connectivity index (χ1n) is 8.18. The molecule has 0 saturated heterocycles. The maximum absolute atomic E-state index is 12.5. The minimum absolute atomic E-state index is 0.113. The van der Waals surface area contributed by atoms with Crippen molar-refractivity contribution in [3.8, 4) is 0 Å². The summed E-state index contributed by atoms with van der Waals surface area (Å²) in [5, 5.41) is 7.40. The molecule has 0 aromatic carbocycles. The molecule has 1 N–H and O–H groups in total. The van der Waals surface area contributed by atoms with Gasteiger partial charge in [-0.15, -0.1) is 6.58 Å². The van der Waals surface area contributed by atoms with Crippen molar-refractivity contribution in [1.82, 2.24) is 19.7 Å². The molecule has 6 nitrogen and oxygen atoms in total. The lowest BCUT2D eigenvalue weighted by Gasteiger charge is -2.09. The Morgan fingerprint density at radius 2 is 2.20 bits per heavy atom. The molecule has 0 unspecified atom stereocenters. The van der Waals surface area contributed by atoms with Crippen LogP contribution in [0.4, 0.5) is 0 Å². The monoisotopic (exact) mass is 404 g/mol. The second kappa shape index (κ2) is 7.31. The lowest BCUT2D eigenvalue weighted by atomic mass is 10.3. The van der Waals surface area contributed by atoms with Gasteiger partial charge < -0.3 is 14.3 Å². The average Bonchev–Trinajstić information content (AvgIpc) is 3.17. The molecule has 3 aromatic rings. The minimum atomic E-state index is -0.113. The van der Waals surface area contributed by atoms with E-state index in [4.69, 9.17) is 4.42 Å². The highest BCUT2D eigenvalue weighted by molar-refractivity contribution is 9.10. The summed E-state index contributed by atoms with van der Waals surface area (Å²) in [5.41, 5.74) is 4.28. The van der Waals surface area contributed by atoms with Crippen molar-refractivity contribution in [1.29, 1.82) is 0 Å². The van der Waals surface area contributed by atoms with E-state index in [1.54, 1.807) is 12.1 Å². The third kappa shape index (κ3) is 3.71. The Kier molecular flexibility index (Phi) is 5.13. The molecule has 1 amide bonds. The number of carbonyl (C=O) groups excluding carboxylic acids is 1. The van der Waals surface area contributed by atoms with Gasteiger partial charge >= 0.3 is 0 Å². The number of nitrogens with zero attached hydrogens (tertiary/aromatic N) is 3. The summed E-state index contributed by atoms with van der Waals surface area (Å²) in [5.74, 6) is -0.113. The van der Waals surface area contributed by atoms with E-state index in [9.17, 15) is 4.79 Å². The van der Waals surface area contributed by atoms with Crippen LogP contribution in [-0.4, -0.2) is 26.8 Å². The summed E-state index contributed by atoms with van der Waals surface area (Å²) in [7, 11) is 0. The number of rotatable bonds is 7. The summed E-state index contributed by atoms with van der Waals surface area (Å²) in [6, 6.07) is 5.67. The van der Waals surface area contributed by atoms with Gasteiger partial charge in [-0.2, -0.15) is 5.10 Å². The van der Waals surface area contributed by atoms with Gasteiger partial charge in [0.1, 0.15) is 5.69 Å². The molecule has 3 aromatic heterocycles. The van der Waals surface area contributed by atoms with Crippen molar-refractivity contribution >= 4 is 32.9 Å². The smallest absolute Gasteiger partial charge is 0.268 e. The minimum Gasteiger partial charge on any atom is -0.448 e. The van der Waals surface area contributed by atoms with Gasteiger partial charge in [-0.1, -0.05) is 6.08 Å². The predicted molar refractivity (Wildman–Crippen MR) is 101 cm³/mol. The third-order valence-corrected chi connectivity index (χ3v) is 4.43. The van der Waals surface area contributed by atoms with Crippen molar-refractivity contribution in [3.63, 3.8) is 0 Å². The van der Waals surface area contributed by atoms with Crippen LogP contribution in [0.3, 0.4) is 0 Å². The van der Waals surface area contributed by atoms with Crippen molar-refractivity contribution < 1.29 is 9.21 Å². The van der Waals surface area contributed by atoms with Gasteiger partial charge in [-0.05, 0) is 42.3 Å². The fraction of sp³-hybridized carbons (Fsp3) is 0.333. The van der Waals surface area contributed by atoms with Crippen molar-refractivity contribution in [2.24, 2.45) is 0 Å². The highest BCUT2D eigenvalue weighted by atomic mass is 79.9. The van der Waals surface area contributed by atoms with E-state index in [-0.39, 0.29) is 5.91 Å². The highest BCUT2D eigenvalue weighted by Gasteiger charge is 2.17. The second-order valence-corrected chi connectivity index (χ2v) is 6.77. The van der Waals surface area contributed by atoms with E-state index in [2.05, 4.69) is 32.9 Å². The molecule has 0 spiro atoms. The number of aryl methyl sites for hydroxylation is 3. The Balaban J connectivity index is 1.64. The summed E-state index contributed by atoms with van der Waals surface area (Å²) in [6.45, 7) is 9.69. The molecule has 7 heteroatoms. The average molecular weight is 405 g/mol. The fourth-order valence-corrected chi connectivity index (χ4v) is 3.34. The molecule has 0 aliphatic rings. The normalized spacial score (nSPS) is 11.2. The van der Waals surface area contributed by atoms with Crippen molar-refractivity contribution in [2.75, 3.05) is 6.54 Å². The van der Waals surface area contributed by atoms with Crippen molar-refractivity contribution in [2.45, 2.75) is 33.4 Å². The number of allylic oxidation sites excluding steroid dienone is 1. The van der Waals surface area contributed by atoms with E-state index >= 15 is 0 Å². The van der Waals surface area contributed by atoms with Crippen LogP contribution in [0.1, 0.15) is 28.3 Å². The number of nitrogens with one attached hydrogen (secondary N) is 1. The maximum Gasteiger partial charge on any atom is 0.268 e. The second-order valence-electron chi connectivity index (χ2n) is 5.99. The first-order valence-corrected chi connectivity index (χ1v) is 8.97. The summed E-state index contributed by atoms with van der Waals surface area (Å²) in [6.07, 6.45) is 2.58. The Bertz CT molecular complexity index is 919. The number of aromatic nitrogens is 3. The van der Waals surface area contributed by atoms with Gasteiger partial charge in [0.25, 0.3) is 5.91 Å². The summed E-state index contributed by atoms with van der Waals surface area (Å²) in [4.78, 5) is 12.5. The first-order chi connectivity index (χ1) is 12.0. The van der Waals surface area contributed by atoms with E-state index < -0.39 is 0 Å². The molecule has 25 heavy (non-hydrogen) atoms. The van der Waals surface area contributed by atoms with Gasteiger partial charge in [0.05, 0.1) is 11.2 Å². The van der Waals surface area contributed by atoms with E-state index in [0.29, 0.717) is 29.0 Å². The molecular weight excluding hydrogens is 384 g/mol. The van der Waals surface area contributed by atoms with Crippen LogP contribution >= 0.6 is 15.9 Å². The SMILES string of the molecule is C=CCn1c(C(=O)NCCCn2nc(C)cc2C)cc2oc(Br)cc21. The zero-order chi connectivity index (χ0) is 18.0. The van der Waals surface area contributed by atoms with Crippen molar-refractivity contribution in [3.05, 3.63) is 52.6 Å². The number of hydrogen-bond acceptors (Lipinski definition) is 3. The number of furan rings is 1. The summed E-state index contributed by atoms with van der Waals surface area (Å²) < 4.78 is 10.1. The zero-order valence-electron chi connectivity index (χ0n) is 14.4. The van der Waals surface area contributed by atoms with Gasteiger partial charge in [0.15, 0.2) is 10.3 Å². The molecule has 0 atom stereocenters. The quantitative estimate of drug-likeness (QED) is 0.480. The Hall–Kier alpha value is -2.28. The third-order valence-electron chi connectivity index (χ3n) is 4.04. The molecule has 3 heterocycles. The van der Waals surface area contributed by atoms with Gasteiger partial charge in [0, 0.05) is 37.5 Å². The van der Waals surface area contributed by atoms with Crippen LogP contribution in [0.5, 0.6) is 0 Å². The van der Waals surface area contributed by atoms with E-state index in [0.717, 1.165) is 29.9 Å². The Morgan fingerprint density at radius 3 is 2.88 bits per heavy atom. The van der Waals surface area contributed by atoms with Crippen LogP contribution in [-0.2, 0) is 13.1 Å². The first kappa shape index (κ1) is 17.5. The standard InChI is InChI=1S/C18H21BrN4O2/c1-4-7-22-14-11-17(19)25-16(14)10-15(22)18(24)20-6-5-8-23-13(3)9-12(2)21-23/h4,9-11H,1,5-8H2,2-3H3,(H,20,24). The topological polar surface area (TPSA) is 65.0 Å². The number of amides is 1. The molecule has 0 aliphatic carbocycles. The molecule has 0 aliphatic heterocycles. The molecule has 0 bridgehead atoms. The van der Waals surface area contributed by atoms with Crippen LogP contribution in [0.2, 0.25) is 0 Å². The molecule has 132 valence electrons. The maximum atomic E-state index is 12.5. The van der Waals surface area contributed by atoms with Crippen LogP contribution in [0.25, 0.3) is 11.1 Å². The number of carbonyl (C=O) groups is 1. The fourth-order valence-electron chi connectivity index (χ4n) is 2.95. The lowest BCUT2D eigenvalue weighted by Crippen LogP contribution is -2.27. The number of fused-ring (bicyclic) bond motifs is 1. The zero-order valence-corrected chi connectivity index (χ0v) is 16.0. The summed E-state index contributed by atoms with van der Waals surface area (Å²) >= 11 is 3.32. The largest absolute Gasteiger partial charge is 0.448 e. The van der Waals surface area contributed by atoms with E-state index in [1.807, 2.05) is 35.2 Å². The molecule has 3 rings (SSSR count). The Morgan fingerprint density at radius 1 is 1.40 bits per heavy atom. The molecule has 0 saturated carbocycles. The van der Waals surface area contributed by atoms with Gasteiger partial charge in [-0.3, -0.25) is 9.48 Å². The molecular formula is C18H21BrN4O2. The lowest BCUT2D eigenvalue weighted by molar-refractivity contribution is 0.0944. The van der Waals surface area contributed by atoms with Crippen LogP contribution < -0.4 is 5.32 Å². The number of halogens is 1. The molecule has 0 radical (unpaired) electrons. The Labute approximate surface area is 154 Å². The van der Waals surface area contributed by atoms with E-state index in [1.165, 1.54) is 0 Å². The van der Waals surface area contributed by atoms with Gasteiger partial charge in [0.2, 0.25) is 0 Å². The predicted octanol–water partition coefficient (Wildman–Crippen LogP) is 3.82. The van der Waals surface area contributed by atoms with Crippen LogP contribution in [0, 0.1) is 13.8 Å². The highest BCUT2D eigenvalue weighted by Crippen LogP contribution is 2.27. The number of hydrogen-bond donors (Lipinski definition) is 1.